The number of carbonyl (C=O) groups is 1. The van der Waals surface area contributed by atoms with E-state index in [4.69, 9.17) is 5.84 Å². The molecule has 1 amide bonds. The fourth-order valence-electron chi connectivity index (χ4n) is 3.09. The predicted octanol–water partition coefficient (Wildman–Crippen LogP) is 1.70. The van der Waals surface area contributed by atoms with Crippen LogP contribution in [0.4, 0.5) is 0 Å². The third kappa shape index (κ3) is 3.55. The number of nitrogens with zero attached hydrogens (tertiary/aromatic N) is 2. The minimum Gasteiger partial charge on any atom is -0.297 e. The lowest BCUT2D eigenvalue weighted by atomic mass is 9.85. The van der Waals surface area contributed by atoms with Gasteiger partial charge >= 0.3 is 0 Å². The topological polar surface area (TPSA) is 71.2 Å². The van der Waals surface area contributed by atoms with E-state index in [1.165, 1.54) is 25.7 Å². The van der Waals surface area contributed by atoms with Crippen LogP contribution in [-0.2, 0) is 6.54 Å². The molecule has 1 aromatic heterocycles. The molecule has 5 nitrogen and oxygen atoms in total. The van der Waals surface area contributed by atoms with Crippen molar-refractivity contribution in [1.29, 1.82) is 0 Å². The number of amides is 1. The number of nitrogens with two attached hydrogens (primary N) is 1. The van der Waals surface area contributed by atoms with Gasteiger partial charge in [0, 0.05) is 12.6 Å². The number of hydrazine groups is 1. The van der Waals surface area contributed by atoms with Crippen LogP contribution in [0, 0.1) is 5.92 Å². The summed E-state index contributed by atoms with van der Waals surface area (Å²) >= 11 is 0. The third-order valence-corrected chi connectivity index (χ3v) is 4.21. The van der Waals surface area contributed by atoms with Crippen molar-refractivity contribution in [2.45, 2.75) is 45.2 Å². The van der Waals surface area contributed by atoms with Gasteiger partial charge in [-0.15, -0.1) is 0 Å². The molecule has 0 aliphatic heterocycles. The van der Waals surface area contributed by atoms with Crippen molar-refractivity contribution < 1.29 is 4.79 Å². The second-order valence-electron chi connectivity index (χ2n) is 5.73. The van der Waals surface area contributed by atoms with E-state index in [9.17, 15) is 4.79 Å². The maximum Gasteiger partial charge on any atom is 0.283 e. The molecule has 0 aromatic carbocycles. The monoisotopic (exact) mass is 276 g/mol. The molecule has 0 saturated heterocycles. The van der Waals surface area contributed by atoms with E-state index in [1.807, 2.05) is 12.1 Å². The number of rotatable bonds is 4. The number of hydrogen-bond donors (Lipinski definition) is 2. The van der Waals surface area contributed by atoms with E-state index >= 15 is 0 Å². The van der Waals surface area contributed by atoms with E-state index in [2.05, 4.69) is 29.3 Å². The summed E-state index contributed by atoms with van der Waals surface area (Å²) in [5.74, 6) is 5.52. The Bertz CT molecular complexity index is 463. The summed E-state index contributed by atoms with van der Waals surface area (Å²) in [6.45, 7) is 3.09. The smallest absolute Gasteiger partial charge is 0.283 e. The number of nitrogen functional groups attached to an aromatic ring is 1. The molecular weight excluding hydrogens is 252 g/mol. The molecule has 2 rings (SSSR count). The van der Waals surface area contributed by atoms with Crippen molar-refractivity contribution in [1.82, 2.24) is 15.3 Å². The Labute approximate surface area is 120 Å². The summed E-state index contributed by atoms with van der Waals surface area (Å²) in [5, 5.41) is 0. The van der Waals surface area contributed by atoms with Crippen molar-refractivity contribution in [3.8, 4) is 0 Å². The lowest BCUT2D eigenvalue weighted by Crippen LogP contribution is -2.38. The molecule has 3 N–H and O–H groups in total. The summed E-state index contributed by atoms with van der Waals surface area (Å²) in [6.07, 6.45) is 5.21. The van der Waals surface area contributed by atoms with E-state index in [0.717, 1.165) is 18.2 Å². The zero-order valence-corrected chi connectivity index (χ0v) is 12.3. The molecule has 2 unspecified atom stereocenters. The first-order valence-corrected chi connectivity index (χ1v) is 7.29. The molecule has 0 radical (unpaired) electrons. The third-order valence-electron chi connectivity index (χ3n) is 4.21. The van der Waals surface area contributed by atoms with E-state index in [-0.39, 0.29) is 5.91 Å². The quantitative estimate of drug-likeness (QED) is 0.499. The van der Waals surface area contributed by atoms with Gasteiger partial charge in [-0.2, -0.15) is 0 Å². The molecule has 1 heterocycles. The first kappa shape index (κ1) is 14.9. The van der Waals surface area contributed by atoms with Crippen LogP contribution < -0.4 is 11.3 Å². The Morgan fingerprint density at radius 3 is 2.90 bits per heavy atom. The maximum absolute atomic E-state index is 11.5. The van der Waals surface area contributed by atoms with Crippen molar-refractivity contribution in [3.05, 3.63) is 29.6 Å². The molecule has 1 aromatic rings. The molecule has 1 aliphatic carbocycles. The number of aromatic nitrogens is 1. The minimum atomic E-state index is -0.347. The highest BCUT2D eigenvalue weighted by atomic mass is 16.2. The SMILES string of the molecule is CC1CCCCC1N(C)Cc1cccc(C(=O)NN)n1. The standard InChI is InChI=1S/C15H24N4O/c1-11-6-3-4-9-14(11)19(2)10-12-7-5-8-13(17-12)15(20)18-16/h5,7-8,11,14H,3-4,6,9-10,16H2,1-2H3,(H,18,20). The Hall–Kier alpha value is -1.46. The van der Waals surface area contributed by atoms with Crippen LogP contribution in [0.2, 0.25) is 0 Å². The van der Waals surface area contributed by atoms with Crippen LogP contribution in [0.25, 0.3) is 0 Å². The molecule has 1 aliphatic rings. The summed E-state index contributed by atoms with van der Waals surface area (Å²) in [4.78, 5) is 18.2. The van der Waals surface area contributed by atoms with Crippen molar-refractivity contribution >= 4 is 5.91 Å². The molecule has 0 bridgehead atoms. The Morgan fingerprint density at radius 1 is 1.45 bits per heavy atom. The van der Waals surface area contributed by atoms with Crippen LogP contribution in [0.3, 0.4) is 0 Å². The highest BCUT2D eigenvalue weighted by Crippen LogP contribution is 2.27. The van der Waals surface area contributed by atoms with Gasteiger partial charge in [0.05, 0.1) is 5.69 Å². The van der Waals surface area contributed by atoms with Crippen molar-refractivity contribution in [3.63, 3.8) is 0 Å². The molecule has 1 saturated carbocycles. The van der Waals surface area contributed by atoms with Crippen LogP contribution in [-0.4, -0.2) is 28.9 Å². The minimum absolute atomic E-state index is 0.347. The van der Waals surface area contributed by atoms with Crippen molar-refractivity contribution in [2.75, 3.05) is 7.05 Å². The fourth-order valence-corrected chi connectivity index (χ4v) is 3.09. The number of carbonyl (C=O) groups excluding carboxylic acids is 1. The highest BCUT2D eigenvalue weighted by Gasteiger charge is 2.25. The zero-order valence-electron chi connectivity index (χ0n) is 12.3. The Balaban J connectivity index is 2.03. The Morgan fingerprint density at radius 2 is 2.20 bits per heavy atom. The lowest BCUT2D eigenvalue weighted by molar-refractivity contribution is 0.0947. The van der Waals surface area contributed by atoms with Gasteiger partial charge in [0.25, 0.3) is 5.91 Å². The fraction of sp³-hybridized carbons (Fsp3) is 0.600. The Kier molecular flexibility index (Phi) is 5.09. The first-order valence-electron chi connectivity index (χ1n) is 7.29. The molecule has 0 spiro atoms. The largest absolute Gasteiger partial charge is 0.297 e. The van der Waals surface area contributed by atoms with Crippen LogP contribution in [0.5, 0.6) is 0 Å². The normalized spacial score (nSPS) is 22.8. The van der Waals surface area contributed by atoms with Gasteiger partial charge in [-0.1, -0.05) is 25.8 Å². The zero-order chi connectivity index (χ0) is 14.5. The summed E-state index contributed by atoms with van der Waals surface area (Å²) in [5.41, 5.74) is 3.40. The van der Waals surface area contributed by atoms with Gasteiger partial charge in [-0.25, -0.2) is 10.8 Å². The van der Waals surface area contributed by atoms with Crippen LogP contribution >= 0.6 is 0 Å². The van der Waals surface area contributed by atoms with Gasteiger partial charge < -0.3 is 0 Å². The second-order valence-corrected chi connectivity index (χ2v) is 5.73. The second kappa shape index (κ2) is 6.81. The highest BCUT2D eigenvalue weighted by molar-refractivity contribution is 5.91. The number of hydrogen-bond acceptors (Lipinski definition) is 4. The number of pyridine rings is 1. The van der Waals surface area contributed by atoms with Crippen molar-refractivity contribution in [2.24, 2.45) is 11.8 Å². The van der Waals surface area contributed by atoms with Gasteiger partial charge in [0.15, 0.2) is 0 Å². The van der Waals surface area contributed by atoms with Crippen LogP contribution in [0.15, 0.2) is 18.2 Å². The average Bonchev–Trinajstić information content (AvgIpc) is 2.47. The summed E-state index contributed by atoms with van der Waals surface area (Å²) in [6, 6.07) is 6.09. The van der Waals surface area contributed by atoms with E-state index in [0.29, 0.717) is 11.7 Å². The van der Waals surface area contributed by atoms with Gasteiger partial charge in [-0.3, -0.25) is 15.1 Å². The summed E-state index contributed by atoms with van der Waals surface area (Å²) in [7, 11) is 2.14. The molecule has 20 heavy (non-hydrogen) atoms. The molecular formula is C15H24N4O. The van der Waals surface area contributed by atoms with Gasteiger partial charge in [-0.05, 0) is 37.9 Å². The van der Waals surface area contributed by atoms with Gasteiger partial charge in [0.2, 0.25) is 0 Å². The molecule has 1 fully saturated rings. The molecule has 2 atom stereocenters. The predicted molar refractivity (Wildman–Crippen MR) is 78.8 cm³/mol. The van der Waals surface area contributed by atoms with Gasteiger partial charge in [0.1, 0.15) is 5.69 Å². The lowest BCUT2D eigenvalue weighted by Gasteiger charge is -2.36. The van der Waals surface area contributed by atoms with E-state index < -0.39 is 0 Å². The van der Waals surface area contributed by atoms with E-state index in [1.54, 1.807) is 6.07 Å². The first-order chi connectivity index (χ1) is 9.61. The molecule has 5 heteroatoms. The number of nitrogens with one attached hydrogen (secondary N) is 1. The maximum atomic E-state index is 11.5. The molecule has 110 valence electrons. The van der Waals surface area contributed by atoms with Crippen LogP contribution in [0.1, 0.15) is 48.8 Å². The average molecular weight is 276 g/mol. The summed E-state index contributed by atoms with van der Waals surface area (Å²) < 4.78 is 0.